The van der Waals surface area contributed by atoms with Gasteiger partial charge < -0.3 is 5.32 Å². The molecule has 136 valence electrons. The van der Waals surface area contributed by atoms with Gasteiger partial charge in [-0.05, 0) is 39.0 Å². The van der Waals surface area contributed by atoms with Crippen LogP contribution in [0, 0.1) is 18.4 Å². The molecule has 2 aromatic rings. The summed E-state index contributed by atoms with van der Waals surface area (Å²) in [6, 6.07) is 8.89. The Morgan fingerprint density at radius 3 is 2.54 bits per heavy atom. The van der Waals surface area contributed by atoms with E-state index in [0.717, 1.165) is 11.3 Å². The van der Waals surface area contributed by atoms with Crippen LogP contribution in [-0.2, 0) is 10.0 Å². The van der Waals surface area contributed by atoms with Crippen LogP contribution in [-0.4, -0.2) is 25.4 Å². The van der Waals surface area contributed by atoms with Crippen LogP contribution >= 0.6 is 0 Å². The van der Waals surface area contributed by atoms with Gasteiger partial charge in [-0.15, -0.1) is 0 Å². The molecule has 0 bridgehead atoms. The molecule has 0 aliphatic heterocycles. The molecule has 0 fully saturated rings. The van der Waals surface area contributed by atoms with Crippen molar-refractivity contribution < 1.29 is 8.42 Å². The number of aromatic nitrogens is 1. The van der Waals surface area contributed by atoms with E-state index in [1.807, 2.05) is 31.2 Å². The number of hydrogen-bond acceptors (Lipinski definition) is 6. The summed E-state index contributed by atoms with van der Waals surface area (Å²) < 4.78 is 27.8. The minimum Gasteiger partial charge on any atom is -0.354 e. The zero-order valence-corrected chi connectivity index (χ0v) is 15.5. The van der Waals surface area contributed by atoms with Gasteiger partial charge in [-0.2, -0.15) is 5.26 Å². The maximum absolute atomic E-state index is 12.7. The molecule has 26 heavy (non-hydrogen) atoms. The second kappa shape index (κ2) is 8.31. The number of nitrogens with one attached hydrogen (secondary N) is 3. The van der Waals surface area contributed by atoms with Crippen molar-refractivity contribution in [3.8, 4) is 6.19 Å². The van der Waals surface area contributed by atoms with E-state index in [9.17, 15) is 8.42 Å². The van der Waals surface area contributed by atoms with Crippen molar-refractivity contribution in [2.24, 2.45) is 4.99 Å². The number of aryl methyl sites for hydroxylation is 1. The molecule has 1 aromatic heterocycles. The second-order valence-electron chi connectivity index (χ2n) is 5.78. The lowest BCUT2D eigenvalue weighted by molar-refractivity contribution is 0.591. The van der Waals surface area contributed by atoms with Gasteiger partial charge in [0.25, 0.3) is 10.0 Å². The van der Waals surface area contributed by atoms with Crippen molar-refractivity contribution in [1.82, 2.24) is 15.0 Å². The highest BCUT2D eigenvalue weighted by molar-refractivity contribution is 7.90. The molecular weight excluding hydrogens is 352 g/mol. The molecule has 0 aliphatic rings. The Morgan fingerprint density at radius 1 is 1.23 bits per heavy atom. The van der Waals surface area contributed by atoms with Crippen molar-refractivity contribution in [3.63, 3.8) is 0 Å². The maximum atomic E-state index is 12.7. The van der Waals surface area contributed by atoms with Crippen LogP contribution in [0.1, 0.15) is 19.4 Å². The van der Waals surface area contributed by atoms with Crippen molar-refractivity contribution >= 4 is 27.4 Å². The summed E-state index contributed by atoms with van der Waals surface area (Å²) >= 11 is 0. The monoisotopic (exact) mass is 372 g/mol. The average Bonchev–Trinajstić information content (AvgIpc) is 2.56. The third kappa shape index (κ3) is 5.19. The number of guanidine groups is 1. The smallest absolute Gasteiger partial charge is 0.267 e. The van der Waals surface area contributed by atoms with Gasteiger partial charge in [0.15, 0.2) is 6.19 Å². The Morgan fingerprint density at radius 2 is 1.92 bits per heavy atom. The lowest BCUT2D eigenvalue weighted by Crippen LogP contribution is -2.39. The molecule has 0 spiro atoms. The Hall–Kier alpha value is -3.12. The highest BCUT2D eigenvalue weighted by Gasteiger charge is 2.21. The minimum atomic E-state index is -4.01. The van der Waals surface area contributed by atoms with Crippen LogP contribution in [0.4, 0.5) is 11.4 Å². The summed E-state index contributed by atoms with van der Waals surface area (Å²) in [5.41, 5.74) is 2.19. The fraction of sp³-hybridized carbons (Fsp3) is 0.235. The summed E-state index contributed by atoms with van der Waals surface area (Å²) in [7, 11) is -4.01. The fourth-order valence-electron chi connectivity index (χ4n) is 2.07. The number of rotatable bonds is 5. The van der Waals surface area contributed by atoms with Crippen molar-refractivity contribution in [3.05, 3.63) is 48.3 Å². The first-order chi connectivity index (χ1) is 12.3. The third-order valence-corrected chi connectivity index (χ3v) is 4.56. The quantitative estimate of drug-likeness (QED) is 0.320. The lowest BCUT2D eigenvalue weighted by atomic mass is 10.2. The molecule has 8 nitrogen and oxygen atoms in total. The normalized spacial score (nSPS) is 11.7. The molecule has 0 atom stereocenters. The molecule has 0 aliphatic carbocycles. The molecule has 0 saturated carbocycles. The van der Waals surface area contributed by atoms with Crippen molar-refractivity contribution in [2.45, 2.75) is 31.7 Å². The standard InChI is InChI=1S/C17H20N6O2S/c1-12(2)21-17(20-11-18)23-26(24,25)16-10-19-9-8-15(16)22-14-6-4-13(3)5-7-14/h4-10,12H,1-3H3,(H,19,22)(H2,20,21,23). The molecule has 0 amide bonds. The van der Waals surface area contributed by atoms with Gasteiger partial charge in [-0.25, -0.2) is 18.1 Å². The van der Waals surface area contributed by atoms with Gasteiger partial charge in [0.05, 0.1) is 5.69 Å². The van der Waals surface area contributed by atoms with Gasteiger partial charge in [-0.3, -0.25) is 10.3 Å². The van der Waals surface area contributed by atoms with E-state index in [1.165, 1.54) is 12.4 Å². The maximum Gasteiger partial charge on any atom is 0.267 e. The van der Waals surface area contributed by atoms with Crippen LogP contribution in [0.3, 0.4) is 0 Å². The van der Waals surface area contributed by atoms with Gasteiger partial charge in [0.2, 0.25) is 5.96 Å². The zero-order chi connectivity index (χ0) is 19.2. The number of benzene rings is 1. The Labute approximate surface area is 153 Å². The predicted molar refractivity (Wildman–Crippen MR) is 100 cm³/mol. The molecule has 0 unspecified atom stereocenters. The van der Waals surface area contributed by atoms with E-state index in [1.54, 1.807) is 26.1 Å². The van der Waals surface area contributed by atoms with E-state index in [0.29, 0.717) is 5.69 Å². The number of pyridine rings is 1. The average molecular weight is 372 g/mol. The van der Waals surface area contributed by atoms with Gasteiger partial charge in [0.1, 0.15) is 4.90 Å². The molecular formula is C17H20N6O2S. The third-order valence-electron chi connectivity index (χ3n) is 3.20. The Kier molecular flexibility index (Phi) is 6.14. The first kappa shape index (κ1) is 19.2. The van der Waals surface area contributed by atoms with Crippen LogP contribution < -0.4 is 15.4 Å². The minimum absolute atomic E-state index is 0.0585. The van der Waals surface area contributed by atoms with Crippen LogP contribution in [0.15, 0.2) is 52.6 Å². The lowest BCUT2D eigenvalue weighted by Gasteiger charge is -2.14. The highest BCUT2D eigenvalue weighted by Crippen LogP contribution is 2.24. The molecule has 0 radical (unpaired) electrons. The van der Waals surface area contributed by atoms with Crippen LogP contribution in [0.2, 0.25) is 0 Å². The summed E-state index contributed by atoms with van der Waals surface area (Å²) in [5, 5.41) is 14.1. The van der Waals surface area contributed by atoms with E-state index >= 15 is 0 Å². The number of hydrogen-bond donors (Lipinski definition) is 3. The summed E-state index contributed by atoms with van der Waals surface area (Å²) in [6.07, 6.45) is 4.39. The summed E-state index contributed by atoms with van der Waals surface area (Å²) in [5.74, 6) is -0.146. The first-order valence-electron chi connectivity index (χ1n) is 7.85. The fourth-order valence-corrected chi connectivity index (χ4v) is 3.14. The largest absolute Gasteiger partial charge is 0.354 e. The topological polar surface area (TPSA) is 119 Å². The Bertz CT molecular complexity index is 930. The Balaban J connectivity index is 2.35. The van der Waals surface area contributed by atoms with E-state index < -0.39 is 10.0 Å². The number of nitrogens with zero attached hydrogens (tertiary/aromatic N) is 3. The highest BCUT2D eigenvalue weighted by atomic mass is 32.2. The predicted octanol–water partition coefficient (Wildman–Crippen LogP) is 2.25. The van der Waals surface area contributed by atoms with Gasteiger partial charge in [-0.1, -0.05) is 17.7 Å². The van der Waals surface area contributed by atoms with Gasteiger partial charge in [0, 0.05) is 24.1 Å². The van der Waals surface area contributed by atoms with E-state index in [-0.39, 0.29) is 16.9 Å². The number of aliphatic imine (C=N–C) groups is 1. The summed E-state index contributed by atoms with van der Waals surface area (Å²) in [4.78, 5) is 7.89. The van der Waals surface area contributed by atoms with Crippen molar-refractivity contribution in [1.29, 1.82) is 5.26 Å². The van der Waals surface area contributed by atoms with E-state index in [2.05, 4.69) is 25.3 Å². The molecule has 1 aromatic carbocycles. The zero-order valence-electron chi connectivity index (χ0n) is 14.7. The van der Waals surface area contributed by atoms with Crippen LogP contribution in [0.25, 0.3) is 0 Å². The SMILES string of the molecule is Cc1ccc(Nc2ccncc2S(=O)(=O)NC(=NC(C)C)NC#N)cc1. The second-order valence-corrected chi connectivity index (χ2v) is 7.43. The number of anilines is 2. The van der Waals surface area contributed by atoms with Crippen molar-refractivity contribution in [2.75, 3.05) is 5.32 Å². The first-order valence-corrected chi connectivity index (χ1v) is 9.33. The number of nitriles is 1. The number of sulfonamides is 1. The van der Waals surface area contributed by atoms with Crippen LogP contribution in [0.5, 0.6) is 0 Å². The molecule has 9 heteroatoms. The molecule has 2 rings (SSSR count). The summed E-state index contributed by atoms with van der Waals surface area (Å²) in [6.45, 7) is 5.50. The molecule has 0 saturated heterocycles. The van der Waals surface area contributed by atoms with Gasteiger partial charge >= 0.3 is 0 Å². The molecule has 3 N–H and O–H groups in total. The van der Waals surface area contributed by atoms with E-state index in [4.69, 9.17) is 5.26 Å². The molecule has 1 heterocycles.